The molecule has 0 atom stereocenters. The van der Waals surface area contributed by atoms with Gasteiger partial charge in [-0.2, -0.15) is 21.9 Å². The van der Waals surface area contributed by atoms with Crippen LogP contribution >= 0.6 is 11.7 Å². The van der Waals surface area contributed by atoms with E-state index in [4.69, 9.17) is 4.74 Å². The van der Waals surface area contributed by atoms with Crippen LogP contribution in [-0.2, 0) is 32.2 Å². The molecule has 10 nitrogen and oxygen atoms in total. The van der Waals surface area contributed by atoms with Crippen LogP contribution in [0.3, 0.4) is 0 Å². The second-order valence-electron chi connectivity index (χ2n) is 6.43. The maximum absolute atomic E-state index is 12.9. The third-order valence-corrected chi connectivity index (χ3v) is 6.17. The second kappa shape index (κ2) is 10.1. The van der Waals surface area contributed by atoms with E-state index in [0.717, 1.165) is 17.8 Å². The van der Waals surface area contributed by atoms with E-state index in [0.29, 0.717) is 5.52 Å². The lowest BCUT2D eigenvalue weighted by atomic mass is 10.0. The van der Waals surface area contributed by atoms with Gasteiger partial charge in [0.2, 0.25) is 10.0 Å². The number of hydrazine groups is 1. The first-order valence-corrected chi connectivity index (χ1v) is 11.4. The zero-order valence-electron chi connectivity index (χ0n) is 16.5. The molecular weight excluding hydrogens is 487 g/mol. The Morgan fingerprint density at radius 3 is 2.55 bits per heavy atom. The molecule has 0 aliphatic rings. The van der Waals surface area contributed by atoms with Gasteiger partial charge >= 0.3 is 12.3 Å². The summed E-state index contributed by atoms with van der Waals surface area (Å²) in [6, 6.07) is 9.22. The van der Waals surface area contributed by atoms with Crippen molar-refractivity contribution in [3.8, 4) is 0 Å². The molecule has 0 aliphatic heterocycles. The molecule has 2 amide bonds. The van der Waals surface area contributed by atoms with Gasteiger partial charge in [-0.3, -0.25) is 10.2 Å². The summed E-state index contributed by atoms with van der Waals surface area (Å²) in [6.45, 7) is -1.09. The second-order valence-corrected chi connectivity index (χ2v) is 8.69. The number of sulfonamides is 1. The van der Waals surface area contributed by atoms with E-state index in [1.807, 2.05) is 10.9 Å². The van der Waals surface area contributed by atoms with E-state index >= 15 is 0 Å². The summed E-state index contributed by atoms with van der Waals surface area (Å²) in [7, 11) is -4.09. The van der Waals surface area contributed by atoms with Crippen molar-refractivity contribution in [3.05, 3.63) is 53.6 Å². The van der Waals surface area contributed by atoms with Crippen molar-refractivity contribution in [1.82, 2.24) is 24.3 Å². The Morgan fingerprint density at radius 2 is 1.79 bits per heavy atom. The monoisotopic (exact) mass is 503 g/mol. The summed E-state index contributed by atoms with van der Waals surface area (Å²) in [5, 5.41) is 0. The summed E-state index contributed by atoms with van der Waals surface area (Å²) in [5.41, 5.74) is 3.46. The quantitative estimate of drug-likeness (QED) is 0.419. The molecule has 2 aromatic carbocycles. The van der Waals surface area contributed by atoms with E-state index in [9.17, 15) is 31.2 Å². The largest absolute Gasteiger partial charge is 0.448 e. The van der Waals surface area contributed by atoms with Gasteiger partial charge in [0, 0.05) is 6.42 Å². The third-order valence-electron chi connectivity index (χ3n) is 4.19. The molecule has 3 aromatic rings. The predicted octanol–water partition coefficient (Wildman–Crippen LogP) is 1.99. The molecule has 0 bridgehead atoms. The van der Waals surface area contributed by atoms with E-state index in [-0.39, 0.29) is 29.0 Å². The molecule has 33 heavy (non-hydrogen) atoms. The molecule has 0 radical (unpaired) electrons. The fourth-order valence-corrected chi connectivity index (χ4v) is 4.45. The fourth-order valence-electron chi connectivity index (χ4n) is 2.71. The highest BCUT2D eigenvalue weighted by Crippen LogP contribution is 2.32. The van der Waals surface area contributed by atoms with Gasteiger partial charge in [-0.05, 0) is 23.8 Å². The van der Waals surface area contributed by atoms with Crippen molar-refractivity contribution >= 4 is 44.8 Å². The average molecular weight is 503 g/mol. The Balaban J connectivity index is 1.44. The van der Waals surface area contributed by atoms with Crippen LogP contribution in [0.1, 0.15) is 11.1 Å². The van der Waals surface area contributed by atoms with Crippen molar-refractivity contribution in [1.29, 1.82) is 0 Å². The summed E-state index contributed by atoms with van der Waals surface area (Å²) in [6.07, 6.45) is -5.87. The van der Waals surface area contributed by atoms with Gasteiger partial charge in [0.15, 0.2) is 0 Å². The molecule has 0 aliphatic carbocycles. The average Bonchev–Trinajstić information content (AvgIpc) is 3.25. The van der Waals surface area contributed by atoms with Crippen LogP contribution in [-0.4, -0.2) is 42.3 Å². The number of hydrogen-bond donors (Lipinski definition) is 3. The Kier molecular flexibility index (Phi) is 7.45. The number of amides is 2. The maximum Gasteiger partial charge on any atom is 0.426 e. The zero-order chi connectivity index (χ0) is 24.1. The van der Waals surface area contributed by atoms with Crippen molar-refractivity contribution in [3.63, 3.8) is 0 Å². The Hall–Kier alpha value is -3.30. The van der Waals surface area contributed by atoms with Crippen LogP contribution in [0.25, 0.3) is 11.0 Å². The van der Waals surface area contributed by atoms with Gasteiger partial charge in [-0.15, -0.1) is 0 Å². The summed E-state index contributed by atoms with van der Waals surface area (Å²) >= 11 is 0.837. The summed E-state index contributed by atoms with van der Waals surface area (Å²) in [4.78, 5) is 23.3. The van der Waals surface area contributed by atoms with Gasteiger partial charge in [-0.1, -0.05) is 24.3 Å². The fraction of sp³-hybridized carbons (Fsp3) is 0.222. The van der Waals surface area contributed by atoms with E-state index < -0.39 is 40.3 Å². The number of rotatable bonds is 7. The van der Waals surface area contributed by atoms with Crippen LogP contribution in [0, 0.1) is 0 Å². The third kappa shape index (κ3) is 6.36. The van der Waals surface area contributed by atoms with E-state index in [1.54, 1.807) is 6.07 Å². The first-order valence-electron chi connectivity index (χ1n) is 9.15. The highest BCUT2D eigenvalue weighted by Gasteiger charge is 2.32. The molecule has 1 aromatic heterocycles. The lowest BCUT2D eigenvalue weighted by molar-refractivity contribution is -0.138. The van der Waals surface area contributed by atoms with Gasteiger partial charge in [0.1, 0.15) is 15.9 Å². The van der Waals surface area contributed by atoms with Crippen LogP contribution in [0.5, 0.6) is 0 Å². The minimum absolute atomic E-state index is 0.0541. The zero-order valence-corrected chi connectivity index (χ0v) is 18.2. The van der Waals surface area contributed by atoms with E-state index in [1.165, 1.54) is 30.3 Å². The molecule has 3 rings (SSSR count). The number of nitrogens with one attached hydrogen (secondary N) is 3. The molecule has 0 saturated carbocycles. The number of aromatic nitrogens is 2. The van der Waals surface area contributed by atoms with E-state index in [2.05, 4.69) is 13.5 Å². The molecule has 176 valence electrons. The summed E-state index contributed by atoms with van der Waals surface area (Å²) < 4.78 is 78.3. The molecule has 0 unspecified atom stereocenters. The van der Waals surface area contributed by atoms with Gasteiger partial charge in [0.25, 0.3) is 5.91 Å². The van der Waals surface area contributed by atoms with Crippen LogP contribution in [0.15, 0.2) is 47.4 Å². The molecular formula is C18H16F3N5O5S2. The molecule has 3 N–H and O–H groups in total. The number of hydrogen-bond acceptors (Lipinski definition) is 8. The Labute approximate surface area is 189 Å². The SMILES string of the molecule is O=C(CNS(=O)(=O)c1cccc2nsnc12)NNC(=O)OCCc1ccccc1C(F)(F)F. The molecule has 0 saturated heterocycles. The lowest BCUT2D eigenvalue weighted by Crippen LogP contribution is -2.46. The van der Waals surface area contributed by atoms with Crippen LogP contribution in [0.2, 0.25) is 0 Å². The van der Waals surface area contributed by atoms with Crippen molar-refractivity contribution < 1.29 is 35.9 Å². The minimum atomic E-state index is -4.54. The number of nitrogens with zero attached hydrogens (tertiary/aromatic N) is 2. The number of benzene rings is 2. The topological polar surface area (TPSA) is 139 Å². The smallest absolute Gasteiger partial charge is 0.426 e. The molecule has 0 fully saturated rings. The summed E-state index contributed by atoms with van der Waals surface area (Å²) in [5.74, 6) is -0.915. The van der Waals surface area contributed by atoms with Crippen molar-refractivity contribution in [2.75, 3.05) is 13.2 Å². The number of alkyl halides is 3. The van der Waals surface area contributed by atoms with Crippen molar-refractivity contribution in [2.24, 2.45) is 0 Å². The standard InChI is InChI=1S/C18H16F3N5O5S2/c19-18(20,21)12-5-2-1-4-11(12)8-9-31-17(28)24-23-15(27)10-22-33(29,30)14-7-3-6-13-16(14)26-32-25-13/h1-7,22H,8-10H2,(H,23,27)(H,24,28). The Morgan fingerprint density at radius 1 is 1.03 bits per heavy atom. The molecule has 0 spiro atoms. The van der Waals surface area contributed by atoms with Gasteiger partial charge in [0.05, 0.1) is 30.4 Å². The first-order chi connectivity index (χ1) is 15.6. The lowest BCUT2D eigenvalue weighted by Gasteiger charge is -2.13. The number of fused-ring (bicyclic) bond motifs is 1. The Bertz CT molecular complexity index is 1260. The normalized spacial score (nSPS) is 11.8. The highest BCUT2D eigenvalue weighted by molar-refractivity contribution is 7.89. The predicted molar refractivity (Wildman–Crippen MR) is 110 cm³/mol. The number of carbonyl (C=O) groups is 2. The van der Waals surface area contributed by atoms with Crippen LogP contribution < -0.4 is 15.6 Å². The molecule has 15 heteroatoms. The van der Waals surface area contributed by atoms with Crippen molar-refractivity contribution in [2.45, 2.75) is 17.5 Å². The number of ether oxygens (including phenoxy) is 1. The van der Waals surface area contributed by atoms with Crippen LogP contribution in [0.4, 0.5) is 18.0 Å². The van der Waals surface area contributed by atoms with Gasteiger partial charge < -0.3 is 4.74 Å². The number of carbonyl (C=O) groups excluding carboxylic acids is 2. The maximum atomic E-state index is 12.9. The first kappa shape index (κ1) is 24.3. The number of halogens is 3. The highest BCUT2D eigenvalue weighted by atomic mass is 32.2. The molecule has 1 heterocycles. The minimum Gasteiger partial charge on any atom is -0.448 e. The van der Waals surface area contributed by atoms with Gasteiger partial charge in [-0.25, -0.2) is 23.4 Å².